The molecule has 0 saturated heterocycles. The number of nitrogens with zero attached hydrogens (tertiary/aromatic N) is 1. The number of carbonyl (C=O) groups is 1. The fourth-order valence-electron chi connectivity index (χ4n) is 1.33. The zero-order valence-corrected chi connectivity index (χ0v) is 9.36. The molecule has 0 atom stereocenters. The molecule has 0 fully saturated rings. The second-order valence-electron chi connectivity index (χ2n) is 3.64. The topological polar surface area (TPSA) is 62.1 Å². The maximum Gasteiger partial charge on any atom is 0.270 e. The van der Waals surface area contributed by atoms with E-state index in [4.69, 9.17) is 10.00 Å². The van der Waals surface area contributed by atoms with E-state index in [1.165, 1.54) is 0 Å². The van der Waals surface area contributed by atoms with Crippen molar-refractivity contribution in [1.29, 1.82) is 5.26 Å². The Hall–Kier alpha value is -2.02. The van der Waals surface area contributed by atoms with Crippen LogP contribution in [0.2, 0.25) is 0 Å². The molecule has 0 heterocycles. The van der Waals surface area contributed by atoms with Crippen molar-refractivity contribution in [3.63, 3.8) is 0 Å². The van der Waals surface area contributed by atoms with Gasteiger partial charge in [-0.1, -0.05) is 32.0 Å². The monoisotopic (exact) mass is 218 g/mol. The van der Waals surface area contributed by atoms with E-state index in [1.54, 1.807) is 6.19 Å². The van der Waals surface area contributed by atoms with Crippen molar-refractivity contribution in [1.82, 2.24) is 5.32 Å². The summed E-state index contributed by atoms with van der Waals surface area (Å²) in [4.78, 5) is 11.0. The molecule has 1 amide bonds. The molecular weight excluding hydrogens is 204 g/mol. The van der Waals surface area contributed by atoms with Gasteiger partial charge < -0.3 is 4.74 Å². The highest BCUT2D eigenvalue weighted by Gasteiger charge is 2.08. The molecule has 1 rings (SSSR count). The van der Waals surface area contributed by atoms with Gasteiger partial charge >= 0.3 is 0 Å². The summed E-state index contributed by atoms with van der Waals surface area (Å²) < 4.78 is 5.35. The number of nitriles is 1. The number of hydrogen-bond acceptors (Lipinski definition) is 3. The van der Waals surface area contributed by atoms with Crippen LogP contribution in [0.15, 0.2) is 24.3 Å². The van der Waals surface area contributed by atoms with Gasteiger partial charge in [0, 0.05) is 0 Å². The van der Waals surface area contributed by atoms with Crippen LogP contribution in [0.3, 0.4) is 0 Å². The second-order valence-corrected chi connectivity index (χ2v) is 3.64. The van der Waals surface area contributed by atoms with E-state index in [1.807, 2.05) is 29.6 Å². The zero-order valence-electron chi connectivity index (χ0n) is 9.36. The number of benzene rings is 1. The lowest BCUT2D eigenvalue weighted by Crippen LogP contribution is -2.24. The first-order chi connectivity index (χ1) is 7.65. The third-order valence-corrected chi connectivity index (χ3v) is 2.10. The Morgan fingerprint density at radius 3 is 2.81 bits per heavy atom. The Kier molecular flexibility index (Phi) is 4.34. The van der Waals surface area contributed by atoms with Crippen molar-refractivity contribution in [2.75, 3.05) is 6.61 Å². The predicted octanol–water partition coefficient (Wildman–Crippen LogP) is 1.79. The summed E-state index contributed by atoms with van der Waals surface area (Å²) in [7, 11) is 0. The van der Waals surface area contributed by atoms with E-state index < -0.39 is 5.91 Å². The van der Waals surface area contributed by atoms with E-state index in [2.05, 4.69) is 13.8 Å². The first-order valence-electron chi connectivity index (χ1n) is 5.04. The second kappa shape index (κ2) is 5.76. The highest BCUT2D eigenvalue weighted by Crippen LogP contribution is 2.25. The summed E-state index contributed by atoms with van der Waals surface area (Å²) in [6, 6.07) is 7.55. The Balaban J connectivity index is 2.67. The number of nitrogens with one attached hydrogen (secondary N) is 1. The molecule has 1 aromatic carbocycles. The van der Waals surface area contributed by atoms with Crippen molar-refractivity contribution in [3.05, 3.63) is 29.8 Å². The molecular formula is C12H14N2O2. The molecule has 0 aliphatic rings. The molecule has 84 valence electrons. The standard InChI is InChI=1S/C12H14N2O2/c1-9(2)10-5-3-4-6-11(10)16-7-12(15)14-8-13/h3-6,9H,7H2,1-2H3,(H,14,15). The Morgan fingerprint density at radius 2 is 2.19 bits per heavy atom. The minimum atomic E-state index is -0.443. The van der Waals surface area contributed by atoms with Gasteiger partial charge in [-0.2, -0.15) is 5.26 Å². The van der Waals surface area contributed by atoms with Crippen LogP contribution in [0.5, 0.6) is 5.75 Å². The van der Waals surface area contributed by atoms with Gasteiger partial charge in [0.15, 0.2) is 12.8 Å². The molecule has 0 aliphatic carbocycles. The van der Waals surface area contributed by atoms with E-state index in [9.17, 15) is 4.79 Å². The van der Waals surface area contributed by atoms with Gasteiger partial charge in [0.2, 0.25) is 0 Å². The summed E-state index contributed by atoms with van der Waals surface area (Å²) in [6.45, 7) is 3.96. The number of amides is 1. The minimum absolute atomic E-state index is 0.142. The number of carbonyl (C=O) groups excluding carboxylic acids is 1. The van der Waals surface area contributed by atoms with Gasteiger partial charge in [-0.25, -0.2) is 0 Å². The van der Waals surface area contributed by atoms with Gasteiger partial charge in [-0.3, -0.25) is 10.1 Å². The summed E-state index contributed by atoms with van der Waals surface area (Å²) in [6.07, 6.45) is 1.56. The first kappa shape index (κ1) is 12.1. The van der Waals surface area contributed by atoms with Crippen molar-refractivity contribution < 1.29 is 9.53 Å². The molecule has 1 aromatic rings. The highest BCUT2D eigenvalue weighted by atomic mass is 16.5. The summed E-state index contributed by atoms with van der Waals surface area (Å²) in [5, 5.41) is 10.2. The summed E-state index contributed by atoms with van der Waals surface area (Å²) in [5.41, 5.74) is 1.05. The molecule has 0 bridgehead atoms. The van der Waals surface area contributed by atoms with Crippen molar-refractivity contribution in [3.8, 4) is 11.9 Å². The maximum atomic E-state index is 11.0. The SMILES string of the molecule is CC(C)c1ccccc1OCC(=O)NC#N. The molecule has 4 nitrogen and oxygen atoms in total. The smallest absolute Gasteiger partial charge is 0.270 e. The number of rotatable bonds is 4. The highest BCUT2D eigenvalue weighted by molar-refractivity contribution is 5.78. The lowest BCUT2D eigenvalue weighted by molar-refractivity contribution is -0.121. The maximum absolute atomic E-state index is 11.0. The van der Waals surface area contributed by atoms with Gasteiger partial charge in [-0.15, -0.1) is 0 Å². The van der Waals surface area contributed by atoms with E-state index in [-0.39, 0.29) is 6.61 Å². The Labute approximate surface area is 94.8 Å². The summed E-state index contributed by atoms with van der Waals surface area (Å²) >= 11 is 0. The predicted molar refractivity (Wildman–Crippen MR) is 59.8 cm³/mol. The third kappa shape index (κ3) is 3.28. The largest absolute Gasteiger partial charge is 0.483 e. The molecule has 16 heavy (non-hydrogen) atoms. The molecule has 0 aliphatic heterocycles. The number of hydrogen-bond donors (Lipinski definition) is 1. The van der Waals surface area contributed by atoms with E-state index in [0.29, 0.717) is 11.7 Å². The molecule has 0 spiro atoms. The van der Waals surface area contributed by atoms with Crippen LogP contribution in [0.4, 0.5) is 0 Å². The zero-order chi connectivity index (χ0) is 12.0. The van der Waals surface area contributed by atoms with Crippen molar-refractivity contribution in [2.45, 2.75) is 19.8 Å². The molecule has 0 aromatic heterocycles. The van der Waals surface area contributed by atoms with E-state index in [0.717, 1.165) is 5.56 Å². The van der Waals surface area contributed by atoms with Gasteiger partial charge in [-0.05, 0) is 17.5 Å². The number of ether oxygens (including phenoxy) is 1. The van der Waals surface area contributed by atoms with Crippen LogP contribution in [0.1, 0.15) is 25.3 Å². The van der Waals surface area contributed by atoms with Gasteiger partial charge in [0.1, 0.15) is 5.75 Å². The first-order valence-corrected chi connectivity index (χ1v) is 5.04. The quantitative estimate of drug-likeness (QED) is 0.619. The van der Waals surface area contributed by atoms with Crippen LogP contribution in [0.25, 0.3) is 0 Å². The van der Waals surface area contributed by atoms with Crippen molar-refractivity contribution in [2.24, 2.45) is 0 Å². The fraction of sp³-hybridized carbons (Fsp3) is 0.333. The van der Waals surface area contributed by atoms with Crippen LogP contribution >= 0.6 is 0 Å². The minimum Gasteiger partial charge on any atom is -0.483 e. The van der Waals surface area contributed by atoms with Crippen LogP contribution < -0.4 is 10.1 Å². The van der Waals surface area contributed by atoms with Gasteiger partial charge in [0.05, 0.1) is 0 Å². The molecule has 4 heteroatoms. The van der Waals surface area contributed by atoms with Crippen LogP contribution in [0, 0.1) is 11.5 Å². The summed E-state index contributed by atoms with van der Waals surface area (Å²) in [5.74, 6) is 0.571. The molecule has 0 unspecified atom stereocenters. The number of para-hydroxylation sites is 1. The Morgan fingerprint density at radius 1 is 1.50 bits per heavy atom. The normalized spacial score (nSPS) is 9.62. The molecule has 0 radical (unpaired) electrons. The Bertz CT molecular complexity index is 408. The third-order valence-electron chi connectivity index (χ3n) is 2.10. The lowest BCUT2D eigenvalue weighted by Gasteiger charge is -2.12. The van der Waals surface area contributed by atoms with E-state index >= 15 is 0 Å². The van der Waals surface area contributed by atoms with Gasteiger partial charge in [0.25, 0.3) is 5.91 Å². The van der Waals surface area contributed by atoms with Crippen LogP contribution in [-0.4, -0.2) is 12.5 Å². The molecule has 1 N–H and O–H groups in total. The molecule has 0 saturated carbocycles. The average molecular weight is 218 g/mol. The van der Waals surface area contributed by atoms with Crippen LogP contribution in [-0.2, 0) is 4.79 Å². The lowest BCUT2D eigenvalue weighted by atomic mass is 10.0. The average Bonchev–Trinajstić information content (AvgIpc) is 2.27. The van der Waals surface area contributed by atoms with Crippen molar-refractivity contribution >= 4 is 5.91 Å². The fourth-order valence-corrected chi connectivity index (χ4v) is 1.33.